The highest BCUT2D eigenvalue weighted by molar-refractivity contribution is 5.87. The lowest BCUT2D eigenvalue weighted by atomic mass is 9.87. The topological polar surface area (TPSA) is 54.1 Å². The fourth-order valence-electron chi connectivity index (χ4n) is 4.37. The molecule has 1 atom stereocenters. The highest BCUT2D eigenvalue weighted by atomic mass is 16.5. The molecule has 1 saturated carbocycles. The number of benzene rings is 1. The third-order valence-corrected chi connectivity index (χ3v) is 5.71. The number of amides is 1. The van der Waals surface area contributed by atoms with Crippen LogP contribution in [0.3, 0.4) is 0 Å². The van der Waals surface area contributed by atoms with Crippen molar-refractivity contribution in [2.75, 3.05) is 7.11 Å². The summed E-state index contributed by atoms with van der Waals surface area (Å²) in [6, 6.07) is 6.30. The van der Waals surface area contributed by atoms with Gasteiger partial charge in [-0.3, -0.25) is 4.79 Å². The second-order valence-corrected chi connectivity index (χ2v) is 7.22. The molecule has 1 heterocycles. The molecule has 0 aliphatic heterocycles. The standard InChI is InChI=1S/C20H26N2O2/c1-24-14-10-11-17-16(12-14)15-8-5-9-18(19(15)21-17)22-20(23)13-6-3-2-4-7-13/h10-13,18,21H,2-9H2,1H3,(H,22,23)/t18-/m0/s1. The van der Waals surface area contributed by atoms with E-state index in [1.54, 1.807) is 7.11 Å². The van der Waals surface area contributed by atoms with Crippen molar-refractivity contribution in [3.05, 3.63) is 29.5 Å². The molecule has 2 aliphatic rings. The van der Waals surface area contributed by atoms with Crippen molar-refractivity contribution in [1.29, 1.82) is 0 Å². The minimum Gasteiger partial charge on any atom is -0.497 e. The van der Waals surface area contributed by atoms with Crippen LogP contribution in [0.1, 0.15) is 62.2 Å². The summed E-state index contributed by atoms with van der Waals surface area (Å²) in [6.45, 7) is 0. The van der Waals surface area contributed by atoms with Crippen LogP contribution in [0.4, 0.5) is 0 Å². The molecule has 4 nitrogen and oxygen atoms in total. The molecule has 2 aromatic rings. The Labute approximate surface area is 143 Å². The van der Waals surface area contributed by atoms with Crippen molar-refractivity contribution in [2.24, 2.45) is 5.92 Å². The molecule has 4 heteroatoms. The Morgan fingerprint density at radius 2 is 2.00 bits per heavy atom. The van der Waals surface area contributed by atoms with E-state index in [4.69, 9.17) is 4.74 Å². The SMILES string of the molecule is COc1ccc2[nH]c3c(c2c1)CCC[C@@H]3NC(=O)C1CCCCC1. The van der Waals surface area contributed by atoms with Gasteiger partial charge in [0.15, 0.2) is 0 Å². The van der Waals surface area contributed by atoms with E-state index in [2.05, 4.69) is 22.4 Å². The Hall–Kier alpha value is -1.97. The van der Waals surface area contributed by atoms with Crippen LogP contribution in [-0.2, 0) is 11.2 Å². The van der Waals surface area contributed by atoms with Gasteiger partial charge in [0.05, 0.1) is 13.2 Å². The quantitative estimate of drug-likeness (QED) is 0.886. The first-order chi connectivity index (χ1) is 11.8. The second kappa shape index (κ2) is 6.50. The van der Waals surface area contributed by atoms with Crippen LogP contribution in [0.25, 0.3) is 10.9 Å². The summed E-state index contributed by atoms with van der Waals surface area (Å²) in [5.41, 5.74) is 3.69. The van der Waals surface area contributed by atoms with Crippen LogP contribution in [-0.4, -0.2) is 18.0 Å². The predicted molar refractivity (Wildman–Crippen MR) is 95.2 cm³/mol. The fraction of sp³-hybridized carbons (Fsp3) is 0.550. The van der Waals surface area contributed by atoms with E-state index in [0.717, 1.165) is 43.4 Å². The molecule has 0 spiro atoms. The van der Waals surface area contributed by atoms with Crippen molar-refractivity contribution >= 4 is 16.8 Å². The summed E-state index contributed by atoms with van der Waals surface area (Å²) in [4.78, 5) is 16.2. The summed E-state index contributed by atoms with van der Waals surface area (Å²) in [5, 5.41) is 4.57. The Bertz CT molecular complexity index is 743. The maximum Gasteiger partial charge on any atom is 0.223 e. The number of aryl methyl sites for hydroxylation is 1. The van der Waals surface area contributed by atoms with E-state index >= 15 is 0 Å². The van der Waals surface area contributed by atoms with Crippen LogP contribution >= 0.6 is 0 Å². The third kappa shape index (κ3) is 2.79. The maximum atomic E-state index is 12.6. The Balaban J connectivity index is 1.60. The van der Waals surface area contributed by atoms with Crippen molar-refractivity contribution in [3.8, 4) is 5.75 Å². The Morgan fingerprint density at radius 3 is 2.79 bits per heavy atom. The monoisotopic (exact) mass is 326 g/mol. The average molecular weight is 326 g/mol. The third-order valence-electron chi connectivity index (χ3n) is 5.71. The van der Waals surface area contributed by atoms with Crippen LogP contribution in [0, 0.1) is 5.92 Å². The van der Waals surface area contributed by atoms with Gasteiger partial charge in [0.1, 0.15) is 5.75 Å². The summed E-state index contributed by atoms with van der Waals surface area (Å²) >= 11 is 0. The van der Waals surface area contributed by atoms with Gasteiger partial charge in [-0.15, -0.1) is 0 Å². The van der Waals surface area contributed by atoms with Gasteiger partial charge in [-0.2, -0.15) is 0 Å². The second-order valence-electron chi connectivity index (χ2n) is 7.22. The number of nitrogens with one attached hydrogen (secondary N) is 2. The maximum absolute atomic E-state index is 12.6. The van der Waals surface area contributed by atoms with Crippen molar-refractivity contribution in [1.82, 2.24) is 10.3 Å². The smallest absolute Gasteiger partial charge is 0.223 e. The zero-order valence-corrected chi connectivity index (χ0v) is 14.4. The highest BCUT2D eigenvalue weighted by Gasteiger charge is 2.28. The predicted octanol–water partition coefficient (Wildman–Crippen LogP) is 4.25. The average Bonchev–Trinajstić information content (AvgIpc) is 3.01. The molecule has 1 aromatic carbocycles. The largest absolute Gasteiger partial charge is 0.497 e. The number of H-pyrrole nitrogens is 1. The number of ether oxygens (including phenoxy) is 1. The number of carbonyl (C=O) groups excluding carboxylic acids is 1. The normalized spacial score (nSPS) is 21.5. The first kappa shape index (κ1) is 15.6. The number of hydrogen-bond acceptors (Lipinski definition) is 2. The molecular weight excluding hydrogens is 300 g/mol. The zero-order chi connectivity index (χ0) is 16.5. The number of fused-ring (bicyclic) bond motifs is 3. The molecule has 0 bridgehead atoms. The molecule has 1 fully saturated rings. The number of carbonyl (C=O) groups is 1. The van der Waals surface area contributed by atoms with Crippen molar-refractivity contribution in [3.63, 3.8) is 0 Å². The van der Waals surface area contributed by atoms with Gasteiger partial charge in [-0.05, 0) is 55.9 Å². The molecule has 24 heavy (non-hydrogen) atoms. The lowest BCUT2D eigenvalue weighted by Crippen LogP contribution is -2.36. The summed E-state index contributed by atoms with van der Waals surface area (Å²) in [7, 11) is 1.70. The van der Waals surface area contributed by atoms with Gasteiger partial charge in [-0.25, -0.2) is 0 Å². The molecule has 1 aromatic heterocycles. The number of aromatic amines is 1. The van der Waals surface area contributed by atoms with E-state index < -0.39 is 0 Å². The van der Waals surface area contributed by atoms with Crippen LogP contribution in [0.15, 0.2) is 18.2 Å². The minimum atomic E-state index is 0.126. The number of methoxy groups -OCH3 is 1. The highest BCUT2D eigenvalue weighted by Crippen LogP contribution is 2.36. The van der Waals surface area contributed by atoms with E-state index in [1.807, 2.05) is 6.07 Å². The number of aromatic nitrogens is 1. The van der Waals surface area contributed by atoms with Crippen LogP contribution in [0.2, 0.25) is 0 Å². The molecule has 2 N–H and O–H groups in total. The summed E-state index contributed by atoms with van der Waals surface area (Å²) < 4.78 is 5.37. The van der Waals surface area contributed by atoms with E-state index in [1.165, 1.54) is 35.9 Å². The van der Waals surface area contributed by atoms with E-state index in [-0.39, 0.29) is 17.9 Å². The van der Waals surface area contributed by atoms with Gasteiger partial charge >= 0.3 is 0 Å². The Kier molecular flexibility index (Phi) is 4.21. The first-order valence-electron chi connectivity index (χ1n) is 9.25. The van der Waals surface area contributed by atoms with E-state index in [9.17, 15) is 4.79 Å². The van der Waals surface area contributed by atoms with Gasteiger partial charge in [0.2, 0.25) is 5.91 Å². The van der Waals surface area contributed by atoms with E-state index in [0.29, 0.717) is 0 Å². The molecule has 2 aliphatic carbocycles. The van der Waals surface area contributed by atoms with Crippen LogP contribution in [0.5, 0.6) is 5.75 Å². The summed E-state index contributed by atoms with van der Waals surface area (Å²) in [5.74, 6) is 1.36. The lowest BCUT2D eigenvalue weighted by molar-refractivity contribution is -0.126. The molecule has 0 unspecified atom stereocenters. The molecule has 0 saturated heterocycles. The van der Waals surface area contributed by atoms with Gasteiger partial charge in [0.25, 0.3) is 0 Å². The van der Waals surface area contributed by atoms with Crippen molar-refractivity contribution < 1.29 is 9.53 Å². The zero-order valence-electron chi connectivity index (χ0n) is 14.4. The first-order valence-corrected chi connectivity index (χ1v) is 9.25. The lowest BCUT2D eigenvalue weighted by Gasteiger charge is -2.27. The van der Waals surface area contributed by atoms with Crippen molar-refractivity contribution in [2.45, 2.75) is 57.4 Å². The molecule has 0 radical (unpaired) electrons. The molecule has 1 amide bonds. The Morgan fingerprint density at radius 1 is 1.17 bits per heavy atom. The molecule has 4 rings (SSSR count). The van der Waals surface area contributed by atoms with Gasteiger partial charge < -0.3 is 15.0 Å². The minimum absolute atomic E-state index is 0.126. The molecular formula is C20H26N2O2. The van der Waals surface area contributed by atoms with Gasteiger partial charge in [-0.1, -0.05) is 19.3 Å². The van der Waals surface area contributed by atoms with Crippen LogP contribution < -0.4 is 10.1 Å². The number of hydrogen-bond donors (Lipinski definition) is 2. The van der Waals surface area contributed by atoms with Gasteiger partial charge in [0, 0.05) is 22.5 Å². The number of rotatable bonds is 3. The summed E-state index contributed by atoms with van der Waals surface area (Å²) in [6.07, 6.45) is 8.98. The fourth-order valence-corrected chi connectivity index (χ4v) is 4.37. The molecule has 128 valence electrons.